The minimum Gasteiger partial charge on any atom is -0.368 e. The molecule has 9 heteroatoms. The zero-order valence-electron chi connectivity index (χ0n) is 12.8. The van der Waals surface area contributed by atoms with Crippen molar-refractivity contribution in [2.45, 2.75) is 24.9 Å². The second kappa shape index (κ2) is 7.40. The first-order chi connectivity index (χ1) is 11.5. The maximum atomic E-state index is 11.8. The number of carbonyl (C=O) groups is 1. The van der Waals surface area contributed by atoms with Gasteiger partial charge in [0.15, 0.2) is 0 Å². The smallest absolute Gasteiger partial charge is 0.270 e. The number of non-ortho nitro benzene ring substituents is 1. The van der Waals surface area contributed by atoms with Gasteiger partial charge in [0.25, 0.3) is 5.69 Å². The number of nitro benzene ring substituents is 1. The van der Waals surface area contributed by atoms with Crippen LogP contribution < -0.4 is 16.0 Å². The van der Waals surface area contributed by atoms with Crippen molar-refractivity contribution < 1.29 is 9.72 Å². The summed E-state index contributed by atoms with van der Waals surface area (Å²) >= 11 is 0. The van der Waals surface area contributed by atoms with Crippen molar-refractivity contribution in [3.05, 3.63) is 33.9 Å². The molecule has 0 bridgehead atoms. The molecule has 0 saturated carbocycles. The quantitative estimate of drug-likeness (QED) is 0.586. The Morgan fingerprint density at radius 3 is 2.92 bits per heavy atom. The number of nitrogens with one attached hydrogen (secondary N) is 1. The Hall–Kier alpha value is -3.17. The number of nitro groups is 1. The van der Waals surface area contributed by atoms with Crippen LogP contribution in [0.5, 0.6) is 0 Å². The number of amides is 1. The molecule has 0 aliphatic carbocycles. The Morgan fingerprint density at radius 1 is 1.54 bits per heavy atom. The van der Waals surface area contributed by atoms with E-state index in [1.165, 1.54) is 12.1 Å². The maximum Gasteiger partial charge on any atom is 0.270 e. The predicted octanol–water partition coefficient (Wildman–Crippen LogP) is 0.402. The van der Waals surface area contributed by atoms with Gasteiger partial charge in [0, 0.05) is 31.3 Å². The van der Waals surface area contributed by atoms with Crippen LogP contribution in [0.3, 0.4) is 0 Å². The largest absolute Gasteiger partial charge is 0.368 e. The van der Waals surface area contributed by atoms with Gasteiger partial charge in [-0.2, -0.15) is 10.5 Å². The SMILES string of the molecule is N#CCC(N)C(=O)N[C@H]1CCN(c2ccc([N+](=O)[O-])cc2C#N)C1. The topological polar surface area (TPSA) is 149 Å². The van der Waals surface area contributed by atoms with Gasteiger partial charge >= 0.3 is 0 Å². The van der Waals surface area contributed by atoms with Crippen LogP contribution in [0, 0.1) is 32.8 Å². The molecule has 3 N–H and O–H groups in total. The third-order valence-corrected chi connectivity index (χ3v) is 3.83. The molecule has 1 fully saturated rings. The second-order valence-corrected chi connectivity index (χ2v) is 5.48. The van der Waals surface area contributed by atoms with Gasteiger partial charge in [-0.1, -0.05) is 0 Å². The van der Waals surface area contributed by atoms with E-state index in [1.54, 1.807) is 6.07 Å². The fourth-order valence-corrected chi connectivity index (χ4v) is 2.60. The van der Waals surface area contributed by atoms with E-state index in [0.717, 1.165) is 0 Å². The van der Waals surface area contributed by atoms with Crippen molar-refractivity contribution in [1.82, 2.24) is 5.32 Å². The van der Waals surface area contributed by atoms with E-state index in [-0.39, 0.29) is 29.6 Å². The van der Waals surface area contributed by atoms with Crippen molar-refractivity contribution in [3.63, 3.8) is 0 Å². The van der Waals surface area contributed by atoms with E-state index in [2.05, 4.69) is 5.32 Å². The highest BCUT2D eigenvalue weighted by Crippen LogP contribution is 2.27. The number of carbonyl (C=O) groups excluding carboxylic acids is 1. The number of rotatable bonds is 5. The van der Waals surface area contributed by atoms with Crippen LogP contribution in [0.2, 0.25) is 0 Å². The summed E-state index contributed by atoms with van der Waals surface area (Å²) in [6, 6.07) is 6.94. The first-order valence-corrected chi connectivity index (χ1v) is 7.32. The summed E-state index contributed by atoms with van der Waals surface area (Å²) in [5.41, 5.74) is 6.27. The van der Waals surface area contributed by atoms with Crippen molar-refractivity contribution in [3.8, 4) is 12.1 Å². The van der Waals surface area contributed by atoms with Crippen LogP contribution >= 0.6 is 0 Å². The summed E-state index contributed by atoms with van der Waals surface area (Å²) < 4.78 is 0. The maximum absolute atomic E-state index is 11.8. The Labute approximate surface area is 138 Å². The van der Waals surface area contributed by atoms with Crippen molar-refractivity contribution >= 4 is 17.3 Å². The zero-order valence-corrected chi connectivity index (χ0v) is 12.8. The molecule has 1 saturated heterocycles. The van der Waals surface area contributed by atoms with E-state index < -0.39 is 11.0 Å². The van der Waals surface area contributed by atoms with Gasteiger partial charge in [-0.25, -0.2) is 0 Å². The van der Waals surface area contributed by atoms with E-state index in [9.17, 15) is 20.2 Å². The molecular weight excluding hydrogens is 312 g/mol. The summed E-state index contributed by atoms with van der Waals surface area (Å²) in [7, 11) is 0. The molecule has 1 aliphatic heterocycles. The number of nitrogens with zero attached hydrogens (tertiary/aromatic N) is 4. The highest BCUT2D eigenvalue weighted by atomic mass is 16.6. The van der Waals surface area contributed by atoms with Crippen LogP contribution in [0.1, 0.15) is 18.4 Å². The van der Waals surface area contributed by atoms with Gasteiger partial charge < -0.3 is 16.0 Å². The third-order valence-electron chi connectivity index (χ3n) is 3.83. The standard InChI is InChI=1S/C15H16N6O3/c16-5-3-13(18)15(22)19-11-4-6-20(9-11)14-2-1-12(21(23)24)7-10(14)8-17/h1-2,7,11,13H,3-4,6,9,18H2,(H,19,22)/t11-,13?/m0/s1. The molecule has 2 rings (SSSR count). The van der Waals surface area contributed by atoms with Crippen LogP contribution in [-0.4, -0.2) is 36.0 Å². The summed E-state index contributed by atoms with van der Waals surface area (Å²) in [4.78, 5) is 24.0. The van der Waals surface area contributed by atoms with E-state index in [0.29, 0.717) is 25.2 Å². The summed E-state index contributed by atoms with van der Waals surface area (Å²) in [6.45, 7) is 1.07. The van der Waals surface area contributed by atoms with Gasteiger partial charge in [-0.3, -0.25) is 14.9 Å². The number of nitrogens with two attached hydrogens (primary N) is 1. The van der Waals surface area contributed by atoms with Crippen molar-refractivity contribution in [2.75, 3.05) is 18.0 Å². The zero-order chi connectivity index (χ0) is 17.7. The molecule has 124 valence electrons. The number of hydrogen-bond donors (Lipinski definition) is 2. The normalized spacial score (nSPS) is 17.6. The van der Waals surface area contributed by atoms with Gasteiger partial charge in [0.05, 0.1) is 34.7 Å². The van der Waals surface area contributed by atoms with Crippen LogP contribution in [0.15, 0.2) is 18.2 Å². The van der Waals surface area contributed by atoms with Gasteiger partial charge in [-0.15, -0.1) is 0 Å². The van der Waals surface area contributed by atoms with E-state index in [4.69, 9.17) is 11.0 Å². The predicted molar refractivity (Wildman–Crippen MR) is 84.8 cm³/mol. The van der Waals surface area contributed by atoms with Crippen molar-refractivity contribution in [2.24, 2.45) is 5.73 Å². The fraction of sp³-hybridized carbons (Fsp3) is 0.400. The number of nitriles is 2. The summed E-state index contributed by atoms with van der Waals surface area (Å²) in [5, 5.41) is 31.3. The molecule has 1 heterocycles. The third kappa shape index (κ3) is 3.77. The molecule has 1 unspecified atom stereocenters. The van der Waals surface area contributed by atoms with Gasteiger partial charge in [-0.05, 0) is 12.5 Å². The molecule has 2 atom stereocenters. The Balaban J connectivity index is 2.06. The lowest BCUT2D eigenvalue weighted by Gasteiger charge is -2.20. The number of hydrogen-bond acceptors (Lipinski definition) is 7. The Kier molecular flexibility index (Phi) is 5.30. The molecule has 1 aromatic carbocycles. The molecule has 1 aliphatic rings. The minimum atomic E-state index is -0.863. The first-order valence-electron chi connectivity index (χ1n) is 7.32. The molecule has 1 aromatic rings. The minimum absolute atomic E-state index is 0.0524. The average molecular weight is 328 g/mol. The van der Waals surface area contributed by atoms with E-state index >= 15 is 0 Å². The molecule has 9 nitrogen and oxygen atoms in total. The fourth-order valence-electron chi connectivity index (χ4n) is 2.60. The molecule has 1 amide bonds. The molecule has 24 heavy (non-hydrogen) atoms. The number of anilines is 1. The lowest BCUT2D eigenvalue weighted by Crippen LogP contribution is -2.46. The summed E-state index contributed by atoms with van der Waals surface area (Å²) in [6.07, 6.45) is 0.607. The van der Waals surface area contributed by atoms with Crippen LogP contribution in [-0.2, 0) is 4.79 Å². The lowest BCUT2D eigenvalue weighted by atomic mass is 10.1. The molecule has 0 radical (unpaired) electrons. The lowest BCUT2D eigenvalue weighted by molar-refractivity contribution is -0.384. The molecule has 0 aromatic heterocycles. The second-order valence-electron chi connectivity index (χ2n) is 5.48. The first kappa shape index (κ1) is 17.2. The van der Waals surface area contributed by atoms with Gasteiger partial charge in [0.1, 0.15) is 6.07 Å². The van der Waals surface area contributed by atoms with E-state index in [1.807, 2.05) is 17.0 Å². The molecule has 0 spiro atoms. The Bertz CT molecular complexity index is 736. The number of benzene rings is 1. The monoisotopic (exact) mass is 328 g/mol. The van der Waals surface area contributed by atoms with Gasteiger partial charge in [0.2, 0.25) is 5.91 Å². The molecular formula is C15H16N6O3. The Morgan fingerprint density at radius 2 is 2.29 bits per heavy atom. The van der Waals surface area contributed by atoms with Crippen molar-refractivity contribution in [1.29, 1.82) is 10.5 Å². The highest BCUT2D eigenvalue weighted by molar-refractivity contribution is 5.82. The average Bonchev–Trinajstić information content (AvgIpc) is 3.02. The highest BCUT2D eigenvalue weighted by Gasteiger charge is 2.27. The summed E-state index contributed by atoms with van der Waals surface area (Å²) in [5.74, 6) is -0.382. The van der Waals surface area contributed by atoms with Crippen LogP contribution in [0.4, 0.5) is 11.4 Å². The van der Waals surface area contributed by atoms with Crippen LogP contribution in [0.25, 0.3) is 0 Å².